The number of carbonyl (C=O) groups is 2. The summed E-state index contributed by atoms with van der Waals surface area (Å²) < 4.78 is 51.1. The SMILES string of the molecule is O=C([O-])c1ccccc1C(=O)[O-].[NH3+]S(=O)(=O)O.[NH3+]S(=O)(=O)O. The minimum atomic E-state index is -3.92. The standard InChI is InChI=1S/C8H6O4.2H3NO3S/c9-7(10)5-3-1-2-4-6(5)8(11)12;2*1-5(2,3)4/h1-4H,(H,9,10)(H,11,12);2*(H3,1,2,3,4). The van der Waals surface area contributed by atoms with Gasteiger partial charge in [0, 0.05) is 11.1 Å². The maximum atomic E-state index is 10.3. The minimum Gasteiger partial charge on any atom is -0.545 e. The van der Waals surface area contributed by atoms with Crippen molar-refractivity contribution in [3.05, 3.63) is 35.4 Å². The Bertz CT molecular complexity index is 646. The molecule has 0 saturated heterocycles. The highest BCUT2D eigenvalue weighted by Crippen LogP contribution is 2.05. The molecule has 0 atom stereocenters. The van der Waals surface area contributed by atoms with Crippen LogP contribution in [0.3, 0.4) is 0 Å². The normalized spacial score (nSPS) is 10.4. The van der Waals surface area contributed by atoms with E-state index in [0.717, 1.165) is 12.1 Å². The van der Waals surface area contributed by atoms with E-state index in [1.54, 1.807) is 0 Å². The zero-order valence-corrected chi connectivity index (χ0v) is 12.3. The van der Waals surface area contributed by atoms with E-state index in [-0.39, 0.29) is 11.1 Å². The molecule has 0 bridgehead atoms. The van der Waals surface area contributed by atoms with Gasteiger partial charge in [-0.2, -0.15) is 0 Å². The van der Waals surface area contributed by atoms with Crippen LogP contribution in [-0.2, 0) is 20.6 Å². The fourth-order valence-corrected chi connectivity index (χ4v) is 0.839. The Morgan fingerprint density at radius 1 is 0.818 bits per heavy atom. The fraction of sp³-hybridized carbons (Fsp3) is 0. The lowest BCUT2D eigenvalue weighted by molar-refractivity contribution is -0.259. The van der Waals surface area contributed by atoms with Gasteiger partial charge in [-0.25, -0.2) is 19.4 Å². The van der Waals surface area contributed by atoms with Gasteiger partial charge in [0.1, 0.15) is 0 Å². The smallest absolute Gasteiger partial charge is 0.428 e. The Hall–Kier alpha value is -2.10. The third-order valence-electron chi connectivity index (χ3n) is 1.37. The van der Waals surface area contributed by atoms with Crippen LogP contribution in [0.5, 0.6) is 0 Å². The lowest BCUT2D eigenvalue weighted by Gasteiger charge is -2.09. The zero-order chi connectivity index (χ0) is 18.1. The quantitative estimate of drug-likeness (QED) is 0.364. The summed E-state index contributed by atoms with van der Waals surface area (Å²) in [4.78, 5) is 20.6. The third kappa shape index (κ3) is 17.9. The number of carboxylic acids is 2. The number of quaternary nitrogens is 2. The molecule has 0 aliphatic rings. The molecule has 0 aliphatic heterocycles. The van der Waals surface area contributed by atoms with Crippen molar-refractivity contribution in [3.8, 4) is 0 Å². The fourth-order valence-electron chi connectivity index (χ4n) is 0.839. The predicted octanol–water partition coefficient (Wildman–Crippen LogP) is -5.52. The molecule has 0 radical (unpaired) electrons. The van der Waals surface area contributed by atoms with Gasteiger partial charge in [0.15, 0.2) is 0 Å². The predicted molar refractivity (Wildman–Crippen MR) is 64.0 cm³/mol. The molecule has 1 rings (SSSR count). The molecule has 0 unspecified atom stereocenters. The Kier molecular flexibility index (Phi) is 9.10. The molecule has 0 spiro atoms. The van der Waals surface area contributed by atoms with Gasteiger partial charge in [-0.3, -0.25) is 0 Å². The zero-order valence-electron chi connectivity index (χ0n) is 10.7. The van der Waals surface area contributed by atoms with Crippen LogP contribution in [0.15, 0.2) is 24.3 Å². The monoisotopic (exact) mass is 360 g/mol. The van der Waals surface area contributed by atoms with E-state index in [4.69, 9.17) is 25.9 Å². The largest absolute Gasteiger partial charge is 0.545 e. The number of aromatic carboxylic acids is 2. The van der Waals surface area contributed by atoms with E-state index in [9.17, 15) is 19.8 Å². The third-order valence-corrected chi connectivity index (χ3v) is 1.37. The first-order chi connectivity index (χ1) is 9.63. The molecule has 12 nitrogen and oxygen atoms in total. The molecule has 0 amide bonds. The average Bonchev–Trinajstić information content (AvgIpc) is 2.24. The molecular formula is C8H12N2O10S2. The second kappa shape index (κ2) is 9.03. The molecule has 1 aromatic carbocycles. The van der Waals surface area contributed by atoms with Crippen molar-refractivity contribution in [2.45, 2.75) is 0 Å². The summed E-state index contributed by atoms with van der Waals surface area (Å²) in [6.45, 7) is 0. The van der Waals surface area contributed by atoms with Gasteiger partial charge >= 0.3 is 20.6 Å². The van der Waals surface area contributed by atoms with Crippen molar-refractivity contribution >= 4 is 32.5 Å². The summed E-state index contributed by atoms with van der Waals surface area (Å²) >= 11 is 0. The van der Waals surface area contributed by atoms with Crippen LogP contribution in [-0.4, -0.2) is 37.9 Å². The summed E-state index contributed by atoms with van der Waals surface area (Å²) in [5, 5.41) is 25.2. The lowest BCUT2D eigenvalue weighted by atomic mass is 10.1. The Morgan fingerprint density at radius 2 is 1.00 bits per heavy atom. The molecule has 22 heavy (non-hydrogen) atoms. The number of rotatable bonds is 2. The molecule has 0 saturated carbocycles. The average molecular weight is 360 g/mol. The maximum absolute atomic E-state index is 10.3. The van der Waals surface area contributed by atoms with Gasteiger partial charge < -0.3 is 19.8 Å². The Morgan fingerprint density at radius 3 is 1.14 bits per heavy atom. The lowest BCUT2D eigenvalue weighted by Crippen LogP contribution is -2.55. The van der Waals surface area contributed by atoms with Crippen molar-refractivity contribution in [1.29, 1.82) is 0 Å². The highest BCUT2D eigenvalue weighted by atomic mass is 32.2. The maximum Gasteiger partial charge on any atom is 0.428 e. The second-order valence-corrected chi connectivity index (χ2v) is 5.61. The van der Waals surface area contributed by atoms with Gasteiger partial charge in [-0.05, 0) is 0 Å². The van der Waals surface area contributed by atoms with E-state index in [0.29, 0.717) is 0 Å². The van der Waals surface area contributed by atoms with E-state index in [1.165, 1.54) is 12.1 Å². The van der Waals surface area contributed by atoms with E-state index < -0.39 is 32.5 Å². The van der Waals surface area contributed by atoms with Gasteiger partial charge in [0.2, 0.25) is 0 Å². The topological polar surface area (TPSA) is 244 Å². The van der Waals surface area contributed by atoms with E-state index >= 15 is 0 Å². The second-order valence-electron chi connectivity index (χ2n) is 3.28. The summed E-state index contributed by atoms with van der Waals surface area (Å²) in [6.07, 6.45) is 0. The van der Waals surface area contributed by atoms with Crippen LogP contribution in [0.4, 0.5) is 0 Å². The highest BCUT2D eigenvalue weighted by Gasteiger charge is 2.01. The molecule has 0 aromatic heterocycles. The number of hydrogen-bond donors (Lipinski definition) is 4. The van der Waals surface area contributed by atoms with Gasteiger partial charge in [-0.15, -0.1) is 16.8 Å². The molecule has 0 fully saturated rings. The Balaban J connectivity index is 0. The molecule has 8 N–H and O–H groups in total. The van der Waals surface area contributed by atoms with Crippen LogP contribution in [0, 0.1) is 0 Å². The van der Waals surface area contributed by atoms with Crippen molar-refractivity contribution in [2.75, 3.05) is 0 Å². The van der Waals surface area contributed by atoms with Crippen LogP contribution in [0.2, 0.25) is 0 Å². The van der Waals surface area contributed by atoms with Crippen molar-refractivity contribution in [2.24, 2.45) is 0 Å². The first-order valence-corrected chi connectivity index (χ1v) is 7.97. The molecule has 1 aromatic rings. The van der Waals surface area contributed by atoms with Gasteiger partial charge in [-0.1, -0.05) is 24.3 Å². The number of hydrogen-bond acceptors (Lipinski definition) is 8. The summed E-state index contributed by atoms with van der Waals surface area (Å²) in [5.41, 5.74) is -0.727. The molecule has 0 heterocycles. The molecule has 0 aliphatic carbocycles. The van der Waals surface area contributed by atoms with E-state index in [2.05, 4.69) is 10.3 Å². The van der Waals surface area contributed by atoms with Crippen LogP contribution in [0.25, 0.3) is 0 Å². The van der Waals surface area contributed by atoms with Gasteiger partial charge in [0.05, 0.1) is 11.9 Å². The number of carboxylic acid groups (broad SMARTS) is 2. The van der Waals surface area contributed by atoms with E-state index in [1.807, 2.05) is 0 Å². The summed E-state index contributed by atoms with van der Waals surface area (Å²) in [6, 6.07) is 5.14. The molecule has 14 heteroatoms. The van der Waals surface area contributed by atoms with Crippen molar-refractivity contribution in [3.63, 3.8) is 0 Å². The van der Waals surface area contributed by atoms with Crippen molar-refractivity contribution < 1.29 is 56.0 Å². The summed E-state index contributed by atoms with van der Waals surface area (Å²) in [7, 11) is -7.83. The number of carbonyl (C=O) groups excluding carboxylic acids is 2. The van der Waals surface area contributed by atoms with Crippen LogP contribution >= 0.6 is 0 Å². The van der Waals surface area contributed by atoms with Crippen LogP contribution in [0.1, 0.15) is 20.7 Å². The van der Waals surface area contributed by atoms with Crippen LogP contribution < -0.4 is 20.5 Å². The van der Waals surface area contributed by atoms with Gasteiger partial charge in [0.25, 0.3) is 0 Å². The molecular weight excluding hydrogens is 348 g/mol. The molecule has 126 valence electrons. The highest BCUT2D eigenvalue weighted by molar-refractivity contribution is 7.78. The van der Waals surface area contributed by atoms with Crippen molar-refractivity contribution in [1.82, 2.24) is 0 Å². The Labute approximate surface area is 124 Å². The number of benzene rings is 1. The summed E-state index contributed by atoms with van der Waals surface area (Å²) in [5.74, 6) is -3.04. The first kappa shape index (κ1) is 22.2. The minimum absolute atomic E-state index is 0.363. The first-order valence-electron chi connectivity index (χ1n) is 4.75.